The van der Waals surface area contributed by atoms with Crippen molar-refractivity contribution in [2.45, 2.75) is 87.6 Å². The van der Waals surface area contributed by atoms with Crippen LogP contribution in [0.3, 0.4) is 0 Å². The molecule has 5 rings (SSSR count). The molecule has 3 heterocycles. The van der Waals surface area contributed by atoms with Crippen molar-refractivity contribution in [1.29, 1.82) is 5.41 Å². The quantitative estimate of drug-likeness (QED) is 0.209. The normalized spacial score (nSPS) is 28.1. The molecule has 4 atom stereocenters. The fraction of sp³-hybridized carbons (Fsp3) is 0.469. The zero-order valence-corrected chi connectivity index (χ0v) is 25.6. The van der Waals surface area contributed by atoms with Crippen molar-refractivity contribution in [3.05, 3.63) is 81.7 Å². The van der Waals surface area contributed by atoms with Crippen LogP contribution in [0.1, 0.15) is 63.5 Å². The number of amidine groups is 1. The molecule has 230 valence electrons. The molecule has 3 unspecified atom stereocenters. The molecule has 7 nitrogen and oxygen atoms in total. The maximum atomic E-state index is 14.1. The highest BCUT2D eigenvalue weighted by molar-refractivity contribution is 8.03. The first-order valence-corrected chi connectivity index (χ1v) is 16.0. The van der Waals surface area contributed by atoms with Gasteiger partial charge in [0.2, 0.25) is 0 Å². The minimum Gasteiger partial charge on any atom is -0.446 e. The van der Waals surface area contributed by atoms with Gasteiger partial charge in [-0.15, -0.1) is 11.8 Å². The molecule has 1 aliphatic carbocycles. The van der Waals surface area contributed by atoms with Crippen molar-refractivity contribution >= 4 is 41.0 Å². The monoisotopic (exact) mass is 630 g/mol. The van der Waals surface area contributed by atoms with E-state index in [9.17, 15) is 18.7 Å². The first-order chi connectivity index (χ1) is 20.6. The maximum Gasteiger partial charge on any atom is 0.407 e. The van der Waals surface area contributed by atoms with Gasteiger partial charge in [-0.3, -0.25) is 4.99 Å². The third-order valence-corrected chi connectivity index (χ3v) is 9.61. The molecule has 1 aromatic rings. The first kappa shape index (κ1) is 31.5. The fourth-order valence-corrected chi connectivity index (χ4v) is 7.20. The molecule has 1 saturated carbocycles. The molecule has 0 radical (unpaired) electrons. The SMILES string of the molecule is C=C1CC=CSC1C1=N[C@@H](c2ccc(F)cc2Cl)C(C(=N)/C=C\CC(C)F)=C2CC(NC(=O)OC3CCC(O)CC3)CN12. The molecule has 0 spiro atoms. The smallest absolute Gasteiger partial charge is 0.407 e. The lowest BCUT2D eigenvalue weighted by Gasteiger charge is -2.37. The Morgan fingerprint density at radius 1 is 1.37 bits per heavy atom. The summed E-state index contributed by atoms with van der Waals surface area (Å²) in [4.78, 5) is 20.2. The zero-order valence-electron chi connectivity index (χ0n) is 24.1. The van der Waals surface area contributed by atoms with Crippen LogP contribution in [0.2, 0.25) is 5.02 Å². The highest BCUT2D eigenvalue weighted by atomic mass is 35.5. The van der Waals surface area contributed by atoms with E-state index in [1.54, 1.807) is 30.0 Å². The molecule has 3 N–H and O–H groups in total. The summed E-state index contributed by atoms with van der Waals surface area (Å²) in [5, 5.41) is 23.9. The second-order valence-corrected chi connectivity index (χ2v) is 12.9. The van der Waals surface area contributed by atoms with E-state index in [0.717, 1.165) is 17.1 Å². The number of rotatable bonds is 8. The number of amides is 1. The Labute approximate surface area is 260 Å². The molecule has 1 saturated heterocycles. The summed E-state index contributed by atoms with van der Waals surface area (Å²) >= 11 is 8.16. The number of carbonyl (C=O) groups is 1. The Balaban J connectivity index is 1.51. The van der Waals surface area contributed by atoms with Gasteiger partial charge in [0.25, 0.3) is 0 Å². The number of alkyl carbamates (subject to hydrolysis) is 1. The summed E-state index contributed by atoms with van der Waals surface area (Å²) in [6.45, 7) is 6.16. The van der Waals surface area contributed by atoms with Crippen LogP contribution in [-0.4, -0.2) is 63.9 Å². The largest absolute Gasteiger partial charge is 0.446 e. The Bertz CT molecular complexity index is 1390. The number of benzene rings is 1. The number of carbonyl (C=O) groups excluding carboxylic acids is 1. The van der Waals surface area contributed by atoms with E-state index in [-0.39, 0.29) is 40.7 Å². The van der Waals surface area contributed by atoms with Gasteiger partial charge in [0, 0.05) is 34.8 Å². The number of halogens is 3. The minimum atomic E-state index is -1.06. The van der Waals surface area contributed by atoms with Crippen LogP contribution in [0.4, 0.5) is 13.6 Å². The lowest BCUT2D eigenvalue weighted by Crippen LogP contribution is -2.44. The van der Waals surface area contributed by atoms with Gasteiger partial charge >= 0.3 is 6.09 Å². The minimum absolute atomic E-state index is 0.146. The van der Waals surface area contributed by atoms with E-state index in [1.165, 1.54) is 19.1 Å². The second-order valence-electron chi connectivity index (χ2n) is 11.5. The number of fused-ring (bicyclic) bond motifs is 1. The third-order valence-electron chi connectivity index (χ3n) is 8.12. The van der Waals surface area contributed by atoms with Gasteiger partial charge in [0.1, 0.15) is 30.0 Å². The molecule has 1 aromatic carbocycles. The van der Waals surface area contributed by atoms with Crippen molar-refractivity contribution in [2.75, 3.05) is 6.54 Å². The number of ether oxygens (including phenoxy) is 1. The van der Waals surface area contributed by atoms with Gasteiger partial charge in [0.15, 0.2) is 0 Å². The number of thioether (sulfide) groups is 1. The van der Waals surface area contributed by atoms with E-state index >= 15 is 0 Å². The molecular weight excluding hydrogens is 594 g/mol. The van der Waals surface area contributed by atoms with Crippen LogP contribution in [-0.2, 0) is 4.74 Å². The fourth-order valence-electron chi connectivity index (χ4n) is 5.97. The number of hydrogen-bond acceptors (Lipinski definition) is 7. The van der Waals surface area contributed by atoms with Crippen molar-refractivity contribution in [3.8, 4) is 0 Å². The molecule has 3 aliphatic heterocycles. The lowest BCUT2D eigenvalue weighted by molar-refractivity contribution is 0.0331. The van der Waals surface area contributed by atoms with Crippen molar-refractivity contribution < 1.29 is 23.4 Å². The van der Waals surface area contributed by atoms with Crippen LogP contribution in [0.5, 0.6) is 0 Å². The molecule has 0 bridgehead atoms. The average molecular weight is 631 g/mol. The Hall–Kier alpha value is -2.95. The number of alkyl halides is 1. The molecule has 0 aromatic heterocycles. The van der Waals surface area contributed by atoms with Crippen molar-refractivity contribution in [2.24, 2.45) is 4.99 Å². The Morgan fingerprint density at radius 3 is 2.84 bits per heavy atom. The van der Waals surface area contributed by atoms with E-state index in [4.69, 9.17) is 26.7 Å². The number of nitrogens with one attached hydrogen (secondary N) is 2. The molecule has 43 heavy (non-hydrogen) atoms. The van der Waals surface area contributed by atoms with Crippen molar-refractivity contribution in [3.63, 3.8) is 0 Å². The molecule has 2 fully saturated rings. The highest BCUT2D eigenvalue weighted by Gasteiger charge is 2.43. The van der Waals surface area contributed by atoms with Crippen LogP contribution < -0.4 is 5.32 Å². The maximum absolute atomic E-state index is 14.1. The van der Waals surface area contributed by atoms with Gasteiger partial charge in [-0.1, -0.05) is 42.0 Å². The lowest BCUT2D eigenvalue weighted by atomic mass is 9.90. The first-order valence-electron chi connectivity index (χ1n) is 14.7. The average Bonchev–Trinajstić information content (AvgIpc) is 3.36. The zero-order chi connectivity index (χ0) is 30.7. The predicted molar refractivity (Wildman–Crippen MR) is 168 cm³/mol. The van der Waals surface area contributed by atoms with Gasteiger partial charge in [-0.05, 0) is 69.1 Å². The van der Waals surface area contributed by atoms with Gasteiger partial charge in [0.05, 0.1) is 23.1 Å². The van der Waals surface area contributed by atoms with E-state index in [0.29, 0.717) is 56.2 Å². The number of aliphatic imine (C=N–C) groups is 1. The molecule has 4 aliphatic rings. The molecule has 11 heteroatoms. The van der Waals surface area contributed by atoms with E-state index < -0.39 is 24.1 Å². The number of allylic oxidation sites excluding steroid dienone is 3. The summed E-state index contributed by atoms with van der Waals surface area (Å²) in [5.74, 6) is 0.255. The number of nitrogens with zero attached hydrogens (tertiary/aromatic N) is 2. The standard InChI is InChI=1S/C32H37ClF2N4O3S/c1-18-5-4-14-43-30(18)31-38-29(24-13-8-20(35)15-25(24)33)28(26(36)7-3-6-19(2)34)27-16-21(17-39(27)31)37-32(41)42-23-11-9-22(40)10-12-23/h3-4,7-8,13-15,19,21-23,29-30,36,40H,1,5-6,9-12,16-17H2,2H3,(H,37,41)/b7-3-,36-26?/t19?,21?,22?,23?,29-,30?/m0/s1. The number of hydrogen-bond donors (Lipinski definition) is 3. The summed E-state index contributed by atoms with van der Waals surface area (Å²) in [5.41, 5.74) is 3.04. The van der Waals surface area contributed by atoms with Gasteiger partial charge in [-0.2, -0.15) is 0 Å². The number of aliphatic hydroxyl groups is 1. The van der Waals surface area contributed by atoms with Crippen LogP contribution in [0.15, 0.2) is 70.2 Å². The van der Waals surface area contributed by atoms with E-state index in [1.807, 2.05) is 16.4 Å². The summed E-state index contributed by atoms with van der Waals surface area (Å²) in [6.07, 6.45) is 6.78. The Kier molecular flexibility index (Phi) is 10.1. The summed E-state index contributed by atoms with van der Waals surface area (Å²) in [7, 11) is 0. The predicted octanol–water partition coefficient (Wildman–Crippen LogP) is 7.19. The second kappa shape index (κ2) is 13.8. The molecular formula is C32H37ClF2N4O3S. The topological polar surface area (TPSA) is 98.0 Å². The number of aliphatic hydroxyl groups excluding tert-OH is 1. The molecule has 1 amide bonds. The summed E-state index contributed by atoms with van der Waals surface area (Å²) in [6, 6.07) is 3.10. The van der Waals surface area contributed by atoms with Crippen LogP contribution in [0, 0.1) is 11.2 Å². The third kappa shape index (κ3) is 7.41. The van der Waals surface area contributed by atoms with Crippen LogP contribution in [0.25, 0.3) is 0 Å². The summed E-state index contributed by atoms with van der Waals surface area (Å²) < 4.78 is 33.4. The van der Waals surface area contributed by atoms with Crippen LogP contribution >= 0.6 is 23.4 Å². The Morgan fingerprint density at radius 2 is 2.14 bits per heavy atom. The van der Waals surface area contributed by atoms with Crippen molar-refractivity contribution in [1.82, 2.24) is 10.2 Å². The highest BCUT2D eigenvalue weighted by Crippen LogP contribution is 2.44. The van der Waals surface area contributed by atoms with E-state index in [2.05, 4.69) is 11.9 Å². The van der Waals surface area contributed by atoms with Gasteiger partial charge < -0.3 is 25.5 Å². The van der Waals surface area contributed by atoms with Gasteiger partial charge in [-0.25, -0.2) is 13.6 Å².